The normalized spacial score (nSPS) is 27.0. The number of hydrogen-bond acceptors (Lipinski definition) is 3. The third-order valence-electron chi connectivity index (χ3n) is 6.26. The number of piperidine rings is 1. The molecule has 2 N–H and O–H groups in total. The second kappa shape index (κ2) is 6.41. The number of H-pyrrole nitrogens is 1. The summed E-state index contributed by atoms with van der Waals surface area (Å²) in [5, 5.41) is 10.8. The molecule has 4 nitrogen and oxygen atoms in total. The van der Waals surface area contributed by atoms with Crippen molar-refractivity contribution in [1.29, 1.82) is 0 Å². The molecule has 2 aliphatic rings. The minimum atomic E-state index is 0.310. The van der Waals surface area contributed by atoms with Crippen LogP contribution in [0.2, 0.25) is 0 Å². The number of aliphatic hydroxyl groups excluding tert-OH is 1. The molecular formula is C20H28N2O2. The Bertz CT molecular complexity index is 724. The molecule has 1 aromatic carbocycles. The Kier molecular flexibility index (Phi) is 4.27. The van der Waals surface area contributed by atoms with E-state index in [2.05, 4.69) is 28.9 Å². The van der Waals surface area contributed by atoms with Crippen LogP contribution in [0.15, 0.2) is 18.2 Å². The maximum absolute atomic E-state index is 9.46. The smallest absolute Gasteiger partial charge is 0.119 e. The lowest BCUT2D eigenvalue weighted by Crippen LogP contribution is -2.46. The Morgan fingerprint density at radius 3 is 2.96 bits per heavy atom. The Labute approximate surface area is 143 Å². The minimum absolute atomic E-state index is 0.310. The number of methoxy groups -OCH3 is 1. The standard InChI is InChI=1S/C20H28N2O2/c1-3-13-12-22-8-6-16-17-11-15(24-2)4-5-18(17)21-20(16)19(22)10-14(13)7-9-23/h4-5,11,13-14,19,21,23H,3,6-10,12H2,1-2H3. The van der Waals surface area contributed by atoms with Gasteiger partial charge in [0.15, 0.2) is 0 Å². The Hall–Kier alpha value is -1.52. The van der Waals surface area contributed by atoms with Gasteiger partial charge in [-0.2, -0.15) is 0 Å². The van der Waals surface area contributed by atoms with Crippen LogP contribution < -0.4 is 4.74 Å². The first-order chi connectivity index (χ1) is 11.7. The zero-order chi connectivity index (χ0) is 16.7. The minimum Gasteiger partial charge on any atom is -0.497 e. The molecule has 4 rings (SSSR count). The van der Waals surface area contributed by atoms with Gasteiger partial charge in [-0.05, 0) is 54.9 Å². The molecule has 3 unspecified atom stereocenters. The van der Waals surface area contributed by atoms with Crippen LogP contribution >= 0.6 is 0 Å². The molecule has 3 atom stereocenters. The molecular weight excluding hydrogens is 300 g/mol. The summed E-state index contributed by atoms with van der Waals surface area (Å²) in [6.45, 7) is 4.92. The van der Waals surface area contributed by atoms with Crippen molar-refractivity contribution in [2.45, 2.75) is 38.6 Å². The van der Waals surface area contributed by atoms with Gasteiger partial charge in [-0.25, -0.2) is 0 Å². The van der Waals surface area contributed by atoms with E-state index in [0.29, 0.717) is 18.6 Å². The molecule has 130 valence electrons. The highest BCUT2D eigenvalue weighted by Crippen LogP contribution is 2.44. The van der Waals surface area contributed by atoms with E-state index < -0.39 is 0 Å². The van der Waals surface area contributed by atoms with Crippen molar-refractivity contribution in [3.63, 3.8) is 0 Å². The summed E-state index contributed by atoms with van der Waals surface area (Å²) in [6, 6.07) is 6.82. The second-order valence-electron chi connectivity index (χ2n) is 7.37. The predicted molar refractivity (Wildman–Crippen MR) is 96.5 cm³/mol. The molecule has 1 fully saturated rings. The zero-order valence-corrected chi connectivity index (χ0v) is 14.7. The summed E-state index contributed by atoms with van der Waals surface area (Å²) in [7, 11) is 1.73. The molecule has 0 radical (unpaired) electrons. The molecule has 1 saturated heterocycles. The van der Waals surface area contributed by atoms with Crippen molar-refractivity contribution in [2.24, 2.45) is 11.8 Å². The summed E-state index contributed by atoms with van der Waals surface area (Å²) >= 11 is 0. The van der Waals surface area contributed by atoms with Gasteiger partial charge in [-0.3, -0.25) is 4.90 Å². The first-order valence-electron chi connectivity index (χ1n) is 9.28. The van der Waals surface area contributed by atoms with Gasteiger partial charge in [0, 0.05) is 36.3 Å². The van der Waals surface area contributed by atoms with E-state index in [1.165, 1.54) is 35.1 Å². The fourth-order valence-electron chi connectivity index (χ4n) is 4.92. The lowest BCUT2D eigenvalue weighted by Gasteiger charge is -2.46. The van der Waals surface area contributed by atoms with Crippen molar-refractivity contribution < 1.29 is 9.84 Å². The van der Waals surface area contributed by atoms with E-state index in [1.54, 1.807) is 7.11 Å². The quantitative estimate of drug-likeness (QED) is 0.903. The number of aromatic nitrogens is 1. The average molecular weight is 328 g/mol. The van der Waals surface area contributed by atoms with Crippen LogP contribution in [0.1, 0.15) is 43.5 Å². The molecule has 0 amide bonds. The zero-order valence-electron chi connectivity index (χ0n) is 14.7. The monoisotopic (exact) mass is 328 g/mol. The molecule has 0 saturated carbocycles. The lowest BCUT2D eigenvalue weighted by atomic mass is 9.76. The predicted octanol–water partition coefficient (Wildman–Crippen LogP) is 3.50. The van der Waals surface area contributed by atoms with Gasteiger partial charge in [0.05, 0.1) is 13.2 Å². The highest BCUT2D eigenvalue weighted by Gasteiger charge is 2.39. The molecule has 0 aliphatic carbocycles. The van der Waals surface area contributed by atoms with E-state index in [1.807, 2.05) is 6.07 Å². The van der Waals surface area contributed by atoms with Gasteiger partial charge in [0.2, 0.25) is 0 Å². The number of aliphatic hydroxyl groups is 1. The molecule has 1 aromatic heterocycles. The van der Waals surface area contributed by atoms with Gasteiger partial charge < -0.3 is 14.8 Å². The number of aromatic amines is 1. The first kappa shape index (κ1) is 16.0. The number of hydrogen-bond donors (Lipinski definition) is 2. The second-order valence-corrected chi connectivity index (χ2v) is 7.37. The van der Waals surface area contributed by atoms with E-state index in [0.717, 1.165) is 37.5 Å². The van der Waals surface area contributed by atoms with E-state index in [4.69, 9.17) is 4.74 Å². The van der Waals surface area contributed by atoms with Crippen LogP contribution in [-0.2, 0) is 6.42 Å². The van der Waals surface area contributed by atoms with E-state index in [9.17, 15) is 5.11 Å². The van der Waals surface area contributed by atoms with Gasteiger partial charge in [0.25, 0.3) is 0 Å². The van der Waals surface area contributed by atoms with Crippen molar-refractivity contribution >= 4 is 10.9 Å². The Balaban J connectivity index is 1.71. The van der Waals surface area contributed by atoms with Gasteiger partial charge in [0.1, 0.15) is 5.75 Å². The molecule has 24 heavy (non-hydrogen) atoms. The first-order valence-corrected chi connectivity index (χ1v) is 9.28. The van der Waals surface area contributed by atoms with Crippen LogP contribution in [0.25, 0.3) is 10.9 Å². The summed E-state index contributed by atoms with van der Waals surface area (Å²) in [4.78, 5) is 6.37. The number of nitrogens with one attached hydrogen (secondary N) is 1. The van der Waals surface area contributed by atoms with Crippen LogP contribution in [0.3, 0.4) is 0 Å². The van der Waals surface area contributed by atoms with Crippen molar-refractivity contribution in [3.8, 4) is 5.75 Å². The van der Waals surface area contributed by atoms with Crippen LogP contribution in [-0.4, -0.2) is 41.8 Å². The summed E-state index contributed by atoms with van der Waals surface area (Å²) in [5.74, 6) is 2.28. The molecule has 2 aliphatic heterocycles. The van der Waals surface area contributed by atoms with Crippen LogP contribution in [0.4, 0.5) is 0 Å². The van der Waals surface area contributed by atoms with Crippen molar-refractivity contribution in [1.82, 2.24) is 9.88 Å². The summed E-state index contributed by atoms with van der Waals surface area (Å²) in [5.41, 5.74) is 4.10. The van der Waals surface area contributed by atoms with Crippen LogP contribution in [0.5, 0.6) is 5.75 Å². The highest BCUT2D eigenvalue weighted by atomic mass is 16.5. The van der Waals surface area contributed by atoms with Crippen molar-refractivity contribution in [3.05, 3.63) is 29.5 Å². The number of rotatable bonds is 4. The van der Waals surface area contributed by atoms with Gasteiger partial charge in [-0.15, -0.1) is 0 Å². The summed E-state index contributed by atoms with van der Waals surface area (Å²) < 4.78 is 5.41. The molecule has 0 spiro atoms. The Morgan fingerprint density at radius 2 is 2.21 bits per heavy atom. The lowest BCUT2D eigenvalue weighted by molar-refractivity contribution is 0.0396. The molecule has 2 aromatic rings. The maximum atomic E-state index is 9.46. The third-order valence-corrected chi connectivity index (χ3v) is 6.26. The number of benzene rings is 1. The average Bonchev–Trinajstić information content (AvgIpc) is 2.99. The molecule has 4 heteroatoms. The Morgan fingerprint density at radius 1 is 1.33 bits per heavy atom. The van der Waals surface area contributed by atoms with Crippen molar-refractivity contribution in [2.75, 3.05) is 26.8 Å². The van der Waals surface area contributed by atoms with E-state index in [-0.39, 0.29) is 0 Å². The number of fused-ring (bicyclic) bond motifs is 5. The highest BCUT2D eigenvalue weighted by molar-refractivity contribution is 5.86. The van der Waals surface area contributed by atoms with E-state index >= 15 is 0 Å². The number of ether oxygens (including phenoxy) is 1. The fraction of sp³-hybridized carbons (Fsp3) is 0.600. The third kappa shape index (κ3) is 2.52. The largest absolute Gasteiger partial charge is 0.497 e. The molecule has 3 heterocycles. The fourth-order valence-corrected chi connectivity index (χ4v) is 4.92. The maximum Gasteiger partial charge on any atom is 0.119 e. The van der Waals surface area contributed by atoms with Crippen LogP contribution in [0, 0.1) is 11.8 Å². The van der Waals surface area contributed by atoms with Gasteiger partial charge in [-0.1, -0.05) is 13.3 Å². The van der Waals surface area contributed by atoms with Gasteiger partial charge >= 0.3 is 0 Å². The summed E-state index contributed by atoms with van der Waals surface area (Å²) in [6.07, 6.45) is 4.42. The SMILES string of the molecule is CCC1CN2CCc3c([nH]c4ccc(OC)cc34)C2CC1CCO. The molecule has 0 bridgehead atoms. The number of nitrogens with zero attached hydrogens (tertiary/aromatic N) is 1. The topological polar surface area (TPSA) is 48.5 Å².